The number of furan rings is 1. The summed E-state index contributed by atoms with van der Waals surface area (Å²) in [6.07, 6.45) is 8.69. The zero-order valence-electron chi connectivity index (χ0n) is 15.7. The summed E-state index contributed by atoms with van der Waals surface area (Å²) < 4.78 is 5.55. The van der Waals surface area contributed by atoms with Gasteiger partial charge in [0.1, 0.15) is 5.58 Å². The van der Waals surface area contributed by atoms with Gasteiger partial charge in [0.25, 0.3) is 0 Å². The molecule has 1 aromatic heterocycles. The molecule has 1 aromatic carbocycles. The highest BCUT2D eigenvalue weighted by atomic mass is 16.3. The third-order valence-corrected chi connectivity index (χ3v) is 7.00. The van der Waals surface area contributed by atoms with Crippen LogP contribution in [0.15, 0.2) is 28.9 Å². The van der Waals surface area contributed by atoms with Crippen LogP contribution in [0.5, 0.6) is 0 Å². The summed E-state index contributed by atoms with van der Waals surface area (Å²) in [5.41, 5.74) is 7.88. The third-order valence-electron chi connectivity index (χ3n) is 7.00. The number of hydrazine groups is 1. The zero-order chi connectivity index (χ0) is 18.6. The lowest BCUT2D eigenvalue weighted by Crippen LogP contribution is -2.56. The minimum absolute atomic E-state index is 0.0163. The quantitative estimate of drug-likeness (QED) is 0.815. The van der Waals surface area contributed by atoms with E-state index in [1.165, 1.54) is 19.3 Å². The van der Waals surface area contributed by atoms with Gasteiger partial charge in [0, 0.05) is 10.9 Å². The summed E-state index contributed by atoms with van der Waals surface area (Å²) in [5.74, 6) is 1.93. The number of fused-ring (bicyclic) bond motifs is 1. The number of rotatable bonds is 3. The normalized spacial score (nSPS) is 31.2. The number of aryl methyl sites for hydroxylation is 1. The van der Waals surface area contributed by atoms with Gasteiger partial charge in [0.05, 0.1) is 18.1 Å². The van der Waals surface area contributed by atoms with Crippen molar-refractivity contribution in [3.63, 3.8) is 0 Å². The van der Waals surface area contributed by atoms with Gasteiger partial charge in [0.2, 0.25) is 11.8 Å². The second kappa shape index (κ2) is 6.11. The Kier molecular flexibility index (Phi) is 3.81. The van der Waals surface area contributed by atoms with Gasteiger partial charge in [-0.3, -0.25) is 20.4 Å². The highest BCUT2D eigenvalue weighted by Gasteiger charge is 2.54. The Morgan fingerprint density at radius 3 is 2.41 bits per heavy atom. The van der Waals surface area contributed by atoms with Crippen molar-refractivity contribution in [2.24, 2.45) is 23.2 Å². The maximum atomic E-state index is 12.9. The molecule has 2 amide bonds. The first-order chi connectivity index (χ1) is 13.0. The summed E-state index contributed by atoms with van der Waals surface area (Å²) in [7, 11) is 0. The maximum absolute atomic E-state index is 12.9. The van der Waals surface area contributed by atoms with Crippen LogP contribution in [0.25, 0.3) is 11.0 Å². The van der Waals surface area contributed by atoms with Crippen molar-refractivity contribution in [2.75, 3.05) is 0 Å². The predicted octanol–water partition coefficient (Wildman–Crippen LogP) is 3.65. The molecule has 5 heteroatoms. The minimum atomic E-state index is -0.248. The number of carbonyl (C=O) groups excluding carboxylic acids is 2. The van der Waals surface area contributed by atoms with Crippen molar-refractivity contribution in [1.82, 2.24) is 10.9 Å². The van der Waals surface area contributed by atoms with Crippen molar-refractivity contribution in [2.45, 2.75) is 51.9 Å². The smallest absolute Gasteiger partial charge is 0.244 e. The van der Waals surface area contributed by atoms with E-state index in [0.717, 1.165) is 41.4 Å². The van der Waals surface area contributed by atoms with E-state index >= 15 is 0 Å². The molecule has 4 aliphatic carbocycles. The SMILES string of the molecule is Cc1ccc2c(CC(=O)NNC(=O)C34CC5CC(CC(C5)C3)C4)coc2c1. The molecular weight excluding hydrogens is 340 g/mol. The Morgan fingerprint density at radius 1 is 1.07 bits per heavy atom. The summed E-state index contributed by atoms with van der Waals surface area (Å²) >= 11 is 0. The molecule has 0 radical (unpaired) electrons. The van der Waals surface area contributed by atoms with Crippen LogP contribution >= 0.6 is 0 Å². The summed E-state index contributed by atoms with van der Waals surface area (Å²) in [6, 6.07) is 5.95. The molecule has 1 heterocycles. The molecule has 0 atom stereocenters. The third kappa shape index (κ3) is 2.93. The molecule has 4 bridgehead atoms. The molecule has 5 nitrogen and oxygen atoms in total. The lowest BCUT2D eigenvalue weighted by atomic mass is 9.49. The van der Waals surface area contributed by atoms with Crippen LogP contribution in [0, 0.1) is 30.1 Å². The molecule has 0 aliphatic heterocycles. The molecule has 27 heavy (non-hydrogen) atoms. The first-order valence-corrected chi connectivity index (χ1v) is 10.1. The van der Waals surface area contributed by atoms with E-state index in [-0.39, 0.29) is 23.7 Å². The fourth-order valence-corrected chi connectivity index (χ4v) is 6.19. The van der Waals surface area contributed by atoms with Gasteiger partial charge in [-0.15, -0.1) is 0 Å². The Labute approximate surface area is 158 Å². The Hall–Kier alpha value is -2.30. The Balaban J connectivity index is 1.22. The molecule has 142 valence electrons. The van der Waals surface area contributed by atoms with E-state index < -0.39 is 0 Å². The average Bonchev–Trinajstić information content (AvgIpc) is 3.00. The number of hydrogen-bond acceptors (Lipinski definition) is 3. The number of amides is 2. The second-order valence-corrected chi connectivity index (χ2v) is 9.14. The van der Waals surface area contributed by atoms with Crippen LogP contribution in [0.2, 0.25) is 0 Å². The molecule has 6 rings (SSSR count). The summed E-state index contributed by atoms with van der Waals surface area (Å²) in [6.45, 7) is 2.01. The highest BCUT2D eigenvalue weighted by Crippen LogP contribution is 2.60. The van der Waals surface area contributed by atoms with E-state index in [9.17, 15) is 9.59 Å². The number of nitrogens with one attached hydrogen (secondary N) is 2. The van der Waals surface area contributed by atoms with Crippen LogP contribution in [-0.2, 0) is 16.0 Å². The van der Waals surface area contributed by atoms with E-state index in [2.05, 4.69) is 10.9 Å². The van der Waals surface area contributed by atoms with Crippen LogP contribution in [0.3, 0.4) is 0 Å². The maximum Gasteiger partial charge on any atom is 0.244 e. The molecule has 0 unspecified atom stereocenters. The van der Waals surface area contributed by atoms with Gasteiger partial charge in [-0.1, -0.05) is 12.1 Å². The van der Waals surface area contributed by atoms with Gasteiger partial charge in [0.15, 0.2) is 0 Å². The number of benzene rings is 1. The van der Waals surface area contributed by atoms with E-state index in [1.54, 1.807) is 6.26 Å². The molecule has 0 saturated heterocycles. The molecular formula is C22H26N2O3. The summed E-state index contributed by atoms with van der Waals surface area (Å²) in [5, 5.41) is 0.947. The molecule has 2 N–H and O–H groups in total. The highest BCUT2D eigenvalue weighted by molar-refractivity contribution is 5.90. The lowest BCUT2D eigenvalue weighted by Gasteiger charge is -2.55. The van der Waals surface area contributed by atoms with Crippen LogP contribution < -0.4 is 10.9 Å². The number of hydrogen-bond donors (Lipinski definition) is 2. The second-order valence-electron chi connectivity index (χ2n) is 9.14. The zero-order valence-corrected chi connectivity index (χ0v) is 15.7. The van der Waals surface area contributed by atoms with Crippen molar-refractivity contribution in [1.29, 1.82) is 0 Å². The van der Waals surface area contributed by atoms with Gasteiger partial charge in [-0.2, -0.15) is 0 Å². The number of carbonyl (C=O) groups is 2. The van der Waals surface area contributed by atoms with Crippen LogP contribution in [0.4, 0.5) is 0 Å². The van der Waals surface area contributed by atoms with E-state index in [4.69, 9.17) is 4.42 Å². The molecule has 4 fully saturated rings. The topological polar surface area (TPSA) is 71.3 Å². The largest absolute Gasteiger partial charge is 0.464 e. The molecule has 4 saturated carbocycles. The average molecular weight is 366 g/mol. The van der Waals surface area contributed by atoms with E-state index in [1.807, 2.05) is 25.1 Å². The molecule has 2 aromatic rings. The Bertz CT molecular complexity index is 878. The van der Waals surface area contributed by atoms with Crippen LogP contribution in [-0.4, -0.2) is 11.8 Å². The van der Waals surface area contributed by atoms with Crippen LogP contribution in [0.1, 0.15) is 49.7 Å². The lowest BCUT2D eigenvalue weighted by molar-refractivity contribution is -0.148. The monoisotopic (exact) mass is 366 g/mol. The van der Waals surface area contributed by atoms with Gasteiger partial charge in [-0.05, 0) is 74.8 Å². The molecule has 4 aliphatic rings. The minimum Gasteiger partial charge on any atom is -0.464 e. The first kappa shape index (κ1) is 16.8. The predicted molar refractivity (Wildman–Crippen MR) is 102 cm³/mol. The van der Waals surface area contributed by atoms with E-state index in [0.29, 0.717) is 17.8 Å². The van der Waals surface area contributed by atoms with Gasteiger partial charge >= 0.3 is 0 Å². The standard InChI is InChI=1S/C22H26N2O3/c1-13-2-3-18-17(12-27-19(18)4-13)8-20(25)23-24-21(26)22-9-14-5-15(10-22)7-16(6-14)11-22/h2-4,12,14-16H,5-11H2,1H3,(H,23,25)(H,24,26). The van der Waals surface area contributed by atoms with Crippen molar-refractivity contribution in [3.05, 3.63) is 35.6 Å². The van der Waals surface area contributed by atoms with Crippen molar-refractivity contribution < 1.29 is 14.0 Å². The van der Waals surface area contributed by atoms with Gasteiger partial charge < -0.3 is 4.42 Å². The van der Waals surface area contributed by atoms with Crippen molar-refractivity contribution in [3.8, 4) is 0 Å². The fraction of sp³-hybridized carbons (Fsp3) is 0.545. The summed E-state index contributed by atoms with van der Waals surface area (Å²) in [4.78, 5) is 25.3. The molecule has 0 spiro atoms. The van der Waals surface area contributed by atoms with Crippen molar-refractivity contribution >= 4 is 22.8 Å². The fourth-order valence-electron chi connectivity index (χ4n) is 6.19. The Morgan fingerprint density at radius 2 is 1.74 bits per heavy atom. The van der Waals surface area contributed by atoms with Gasteiger partial charge in [-0.25, -0.2) is 0 Å². The first-order valence-electron chi connectivity index (χ1n) is 10.1.